The second kappa shape index (κ2) is 6.19. The number of hydrogen-bond acceptors (Lipinski definition) is 3. The summed E-state index contributed by atoms with van der Waals surface area (Å²) in [6.07, 6.45) is 1.74. The smallest absolute Gasteiger partial charge is 0.317 e. The van der Waals surface area contributed by atoms with E-state index in [0.29, 0.717) is 6.54 Å². The quantitative estimate of drug-likeness (QED) is 0.796. The van der Waals surface area contributed by atoms with Crippen LogP contribution in [0.3, 0.4) is 0 Å². The Balaban J connectivity index is 1.76. The van der Waals surface area contributed by atoms with Crippen molar-refractivity contribution in [1.82, 2.24) is 15.2 Å². The van der Waals surface area contributed by atoms with E-state index in [1.165, 1.54) is 6.07 Å². The first-order valence-electron chi connectivity index (χ1n) is 7.45. The van der Waals surface area contributed by atoms with Crippen LogP contribution in [-0.2, 0) is 6.54 Å². The van der Waals surface area contributed by atoms with Crippen LogP contribution in [-0.4, -0.2) is 40.2 Å². The molecule has 2 amide bonds. The summed E-state index contributed by atoms with van der Waals surface area (Å²) in [6, 6.07) is 8.72. The lowest BCUT2D eigenvalue weighted by Crippen LogP contribution is -2.43. The predicted molar refractivity (Wildman–Crippen MR) is 83.6 cm³/mol. The molecule has 0 unspecified atom stereocenters. The molecule has 1 aromatic carbocycles. The summed E-state index contributed by atoms with van der Waals surface area (Å²) in [5, 5.41) is 13.0. The van der Waals surface area contributed by atoms with Crippen LogP contribution in [0, 0.1) is 0 Å². The number of aliphatic hydroxyl groups excluding tert-OH is 1. The second-order valence-electron chi connectivity index (χ2n) is 5.54. The van der Waals surface area contributed by atoms with Crippen molar-refractivity contribution in [3.05, 3.63) is 46.2 Å². The molecular weight excluding hydrogens is 282 g/mol. The summed E-state index contributed by atoms with van der Waals surface area (Å²) in [7, 11) is 0. The van der Waals surface area contributed by atoms with Crippen LogP contribution < -0.4 is 10.9 Å². The number of para-hydroxylation sites is 1. The summed E-state index contributed by atoms with van der Waals surface area (Å²) in [4.78, 5) is 28.4. The molecule has 0 spiro atoms. The summed E-state index contributed by atoms with van der Waals surface area (Å²) in [6.45, 7) is 0.937. The molecule has 3 N–H and O–H groups in total. The lowest BCUT2D eigenvalue weighted by atomic mass is 10.1. The van der Waals surface area contributed by atoms with Crippen LogP contribution in [0.2, 0.25) is 0 Å². The monoisotopic (exact) mass is 301 g/mol. The number of carbonyl (C=O) groups is 1. The van der Waals surface area contributed by atoms with E-state index < -0.39 is 0 Å². The molecule has 0 aliphatic carbocycles. The molecule has 2 heterocycles. The number of hydrogen-bond donors (Lipinski definition) is 3. The first-order chi connectivity index (χ1) is 10.7. The van der Waals surface area contributed by atoms with Gasteiger partial charge >= 0.3 is 6.03 Å². The highest BCUT2D eigenvalue weighted by atomic mass is 16.3. The second-order valence-corrected chi connectivity index (χ2v) is 5.54. The molecule has 0 radical (unpaired) electrons. The van der Waals surface area contributed by atoms with Crippen molar-refractivity contribution < 1.29 is 9.90 Å². The number of pyridine rings is 1. The average molecular weight is 301 g/mol. The van der Waals surface area contributed by atoms with E-state index in [0.717, 1.165) is 29.3 Å². The number of amides is 2. The Morgan fingerprint density at radius 3 is 3.05 bits per heavy atom. The fourth-order valence-electron chi connectivity index (χ4n) is 2.99. The number of likely N-dealkylation sites (tertiary alicyclic amines) is 1. The standard InChI is InChI=1S/C16H19N3O3/c20-10-12-4-3-7-19(12)16(22)17-9-11-8-15(21)18-14-6-2-1-5-13(11)14/h1-2,5-6,8,12,20H,3-4,7,9-10H2,(H,17,22)(H,18,21)/t12-/m1/s1. The SMILES string of the molecule is O=C(NCc1cc(=O)[nH]c2ccccc12)N1CCC[C@@H]1CO. The van der Waals surface area contributed by atoms with Gasteiger partial charge in [-0.05, 0) is 24.5 Å². The maximum Gasteiger partial charge on any atom is 0.317 e. The minimum atomic E-state index is -0.194. The Labute approximate surface area is 127 Å². The zero-order valence-corrected chi connectivity index (χ0v) is 12.2. The minimum absolute atomic E-state index is 0.0125. The molecular formula is C16H19N3O3. The number of nitrogens with zero attached hydrogens (tertiary/aromatic N) is 1. The Bertz CT molecular complexity index is 741. The van der Waals surface area contributed by atoms with Gasteiger partial charge in [0.1, 0.15) is 0 Å². The number of H-pyrrole nitrogens is 1. The van der Waals surface area contributed by atoms with Crippen molar-refractivity contribution in [1.29, 1.82) is 0 Å². The van der Waals surface area contributed by atoms with Crippen molar-refractivity contribution in [2.24, 2.45) is 0 Å². The highest BCUT2D eigenvalue weighted by Crippen LogP contribution is 2.17. The lowest BCUT2D eigenvalue weighted by Gasteiger charge is -2.23. The number of rotatable bonds is 3. The van der Waals surface area contributed by atoms with Crippen LogP contribution in [0.15, 0.2) is 35.1 Å². The topological polar surface area (TPSA) is 85.4 Å². The van der Waals surface area contributed by atoms with Crippen molar-refractivity contribution in [3.63, 3.8) is 0 Å². The number of urea groups is 1. The van der Waals surface area contributed by atoms with Crippen LogP contribution in [0.1, 0.15) is 18.4 Å². The maximum absolute atomic E-state index is 12.2. The maximum atomic E-state index is 12.2. The fourth-order valence-corrected chi connectivity index (χ4v) is 2.99. The lowest BCUT2D eigenvalue weighted by molar-refractivity contribution is 0.157. The number of nitrogens with one attached hydrogen (secondary N) is 2. The third-order valence-corrected chi connectivity index (χ3v) is 4.12. The predicted octanol–water partition coefficient (Wildman–Crippen LogP) is 1.19. The molecule has 0 bridgehead atoms. The van der Waals surface area contributed by atoms with Crippen LogP contribution >= 0.6 is 0 Å². The molecule has 1 aromatic heterocycles. The van der Waals surface area contributed by atoms with Crippen LogP contribution in [0.4, 0.5) is 4.79 Å². The average Bonchev–Trinajstić information content (AvgIpc) is 3.00. The molecule has 6 heteroatoms. The summed E-state index contributed by atoms with van der Waals surface area (Å²) in [5.74, 6) is 0. The molecule has 1 saturated heterocycles. The number of carbonyl (C=O) groups excluding carboxylic acids is 1. The molecule has 3 rings (SSSR count). The third kappa shape index (κ3) is 2.82. The zero-order chi connectivity index (χ0) is 15.5. The van der Waals surface area contributed by atoms with Gasteiger partial charge in [0.25, 0.3) is 0 Å². The Hall–Kier alpha value is -2.34. The summed E-state index contributed by atoms with van der Waals surface area (Å²) < 4.78 is 0. The van der Waals surface area contributed by atoms with E-state index in [1.54, 1.807) is 4.90 Å². The van der Waals surface area contributed by atoms with E-state index in [9.17, 15) is 14.7 Å². The number of aromatic amines is 1. The van der Waals surface area contributed by atoms with Gasteiger partial charge in [0.15, 0.2) is 0 Å². The molecule has 116 valence electrons. The first kappa shape index (κ1) is 14.6. The fraction of sp³-hybridized carbons (Fsp3) is 0.375. The molecule has 1 aliphatic rings. The Kier molecular flexibility index (Phi) is 4.11. The van der Waals surface area contributed by atoms with Crippen LogP contribution in [0.25, 0.3) is 10.9 Å². The van der Waals surface area contributed by atoms with E-state index in [-0.39, 0.29) is 30.8 Å². The van der Waals surface area contributed by atoms with E-state index >= 15 is 0 Å². The minimum Gasteiger partial charge on any atom is -0.394 e. The van der Waals surface area contributed by atoms with E-state index in [1.807, 2.05) is 24.3 Å². The molecule has 1 aliphatic heterocycles. The van der Waals surface area contributed by atoms with Crippen molar-refractivity contribution in [2.75, 3.05) is 13.2 Å². The summed E-state index contributed by atoms with van der Waals surface area (Å²) in [5.41, 5.74) is 1.36. The van der Waals surface area contributed by atoms with Crippen molar-refractivity contribution in [3.8, 4) is 0 Å². The highest BCUT2D eigenvalue weighted by molar-refractivity contribution is 5.82. The van der Waals surface area contributed by atoms with E-state index in [2.05, 4.69) is 10.3 Å². The zero-order valence-electron chi connectivity index (χ0n) is 12.2. The number of fused-ring (bicyclic) bond motifs is 1. The Morgan fingerprint density at radius 2 is 2.23 bits per heavy atom. The molecule has 1 atom stereocenters. The summed E-state index contributed by atoms with van der Waals surface area (Å²) >= 11 is 0. The van der Waals surface area contributed by atoms with Crippen LogP contribution in [0.5, 0.6) is 0 Å². The molecule has 6 nitrogen and oxygen atoms in total. The molecule has 1 fully saturated rings. The molecule has 22 heavy (non-hydrogen) atoms. The van der Waals surface area contributed by atoms with Crippen molar-refractivity contribution in [2.45, 2.75) is 25.4 Å². The van der Waals surface area contributed by atoms with Crippen molar-refractivity contribution >= 4 is 16.9 Å². The van der Waals surface area contributed by atoms with Gasteiger partial charge in [-0.2, -0.15) is 0 Å². The van der Waals surface area contributed by atoms with Gasteiger partial charge in [0, 0.05) is 30.1 Å². The molecule has 0 saturated carbocycles. The number of aromatic nitrogens is 1. The molecule has 2 aromatic rings. The van der Waals surface area contributed by atoms with Gasteiger partial charge in [-0.1, -0.05) is 18.2 Å². The highest BCUT2D eigenvalue weighted by Gasteiger charge is 2.27. The van der Waals surface area contributed by atoms with Gasteiger partial charge in [-0.15, -0.1) is 0 Å². The van der Waals surface area contributed by atoms with Gasteiger partial charge in [-0.25, -0.2) is 4.79 Å². The van der Waals surface area contributed by atoms with Gasteiger partial charge < -0.3 is 20.3 Å². The van der Waals surface area contributed by atoms with Gasteiger partial charge in [0.2, 0.25) is 5.56 Å². The van der Waals surface area contributed by atoms with Gasteiger partial charge in [0.05, 0.1) is 12.6 Å². The first-order valence-corrected chi connectivity index (χ1v) is 7.45. The van der Waals surface area contributed by atoms with Gasteiger partial charge in [-0.3, -0.25) is 4.79 Å². The Morgan fingerprint density at radius 1 is 1.41 bits per heavy atom. The third-order valence-electron chi connectivity index (χ3n) is 4.12. The number of benzene rings is 1. The normalized spacial score (nSPS) is 17.9. The largest absolute Gasteiger partial charge is 0.394 e. The van der Waals surface area contributed by atoms with E-state index in [4.69, 9.17) is 0 Å². The number of aliphatic hydroxyl groups is 1.